The zero-order chi connectivity index (χ0) is 12.3. The molecule has 90 valence electrons. The number of aliphatic hydroxyl groups is 1. The van der Waals surface area contributed by atoms with Crippen molar-refractivity contribution in [2.24, 2.45) is 0 Å². The summed E-state index contributed by atoms with van der Waals surface area (Å²) in [6, 6.07) is 0. The van der Waals surface area contributed by atoms with Crippen molar-refractivity contribution < 1.29 is 25.7 Å². The molecule has 9 heteroatoms. The number of rotatable bonds is 0. The maximum atomic E-state index is 8.91. The quantitative estimate of drug-likeness (QED) is 0.405. The summed E-state index contributed by atoms with van der Waals surface area (Å²) in [5, 5.41) is 36.2. The Labute approximate surface area is 85.2 Å². The van der Waals surface area contributed by atoms with Crippen LogP contribution >= 0.6 is 0 Å². The van der Waals surface area contributed by atoms with Crippen molar-refractivity contribution in [3.8, 4) is 0 Å². The Kier molecular flexibility index (Phi) is 11.0. The van der Waals surface area contributed by atoms with Gasteiger partial charge in [0.05, 0.1) is 6.10 Å². The van der Waals surface area contributed by atoms with Gasteiger partial charge in [0.15, 0.2) is 0 Å². The fourth-order valence-electron chi connectivity index (χ4n) is 1.08. The van der Waals surface area contributed by atoms with Crippen LogP contribution in [0.1, 0.15) is 32.1 Å². The molecule has 0 aromatic rings. The molecular weight excluding hydrogens is 212 g/mol. The maximum absolute atomic E-state index is 8.91. The monoisotopic (exact) mass is 226 g/mol. The summed E-state index contributed by atoms with van der Waals surface area (Å²) in [6.45, 7) is 0. The first-order valence-electron chi connectivity index (χ1n) is 4.20. The first-order chi connectivity index (χ1) is 6.86. The molecule has 0 amide bonds. The third-order valence-electron chi connectivity index (χ3n) is 1.57. The van der Waals surface area contributed by atoms with Crippen LogP contribution in [0.25, 0.3) is 0 Å². The van der Waals surface area contributed by atoms with Gasteiger partial charge in [-0.15, -0.1) is 20.2 Å². The largest absolute Gasteiger partial charge is 0.393 e. The summed E-state index contributed by atoms with van der Waals surface area (Å²) in [7, 11) is 0. The van der Waals surface area contributed by atoms with Gasteiger partial charge in [0.25, 0.3) is 10.2 Å². The van der Waals surface area contributed by atoms with Crippen molar-refractivity contribution in [3.63, 3.8) is 0 Å². The Morgan fingerprint density at radius 3 is 1.33 bits per heavy atom. The Morgan fingerprint density at radius 1 is 0.933 bits per heavy atom. The van der Waals surface area contributed by atoms with Crippen LogP contribution in [0.4, 0.5) is 0 Å². The fourth-order valence-corrected chi connectivity index (χ4v) is 1.08. The lowest BCUT2D eigenvalue weighted by atomic mass is 9.98. The summed E-state index contributed by atoms with van der Waals surface area (Å²) in [6.07, 6.45) is 5.92. The van der Waals surface area contributed by atoms with E-state index in [1.54, 1.807) is 0 Å². The van der Waals surface area contributed by atoms with Crippen LogP contribution in [-0.2, 0) is 0 Å². The molecule has 0 bridgehead atoms. The van der Waals surface area contributed by atoms with E-state index in [0.29, 0.717) is 0 Å². The van der Waals surface area contributed by atoms with Gasteiger partial charge in [-0.05, 0) is 12.8 Å². The molecule has 0 aliphatic heterocycles. The molecule has 0 radical (unpaired) electrons. The average Bonchev–Trinajstić information content (AvgIpc) is 2.03. The van der Waals surface area contributed by atoms with Gasteiger partial charge in [0, 0.05) is 0 Å². The predicted molar refractivity (Wildman–Crippen MR) is 46.7 cm³/mol. The molecular formula is C6H14N2O7. The summed E-state index contributed by atoms with van der Waals surface area (Å²) in [4.78, 5) is 16.7. The van der Waals surface area contributed by atoms with Crippen molar-refractivity contribution >= 4 is 0 Å². The fraction of sp³-hybridized carbons (Fsp3) is 1.00. The van der Waals surface area contributed by atoms with Gasteiger partial charge in [-0.2, -0.15) is 0 Å². The van der Waals surface area contributed by atoms with E-state index in [1.165, 1.54) is 19.3 Å². The van der Waals surface area contributed by atoms with Gasteiger partial charge >= 0.3 is 0 Å². The third-order valence-corrected chi connectivity index (χ3v) is 1.57. The lowest BCUT2D eigenvalue weighted by molar-refractivity contribution is -0.742. The molecule has 0 atom stereocenters. The van der Waals surface area contributed by atoms with Crippen molar-refractivity contribution in [1.82, 2.24) is 0 Å². The van der Waals surface area contributed by atoms with Crippen LogP contribution in [0.15, 0.2) is 0 Å². The lowest BCUT2D eigenvalue weighted by Crippen LogP contribution is -2.09. The highest BCUT2D eigenvalue weighted by molar-refractivity contribution is 4.61. The van der Waals surface area contributed by atoms with Gasteiger partial charge in [-0.25, -0.2) is 0 Å². The molecule has 0 unspecified atom stereocenters. The first-order valence-corrected chi connectivity index (χ1v) is 4.20. The molecule has 0 spiro atoms. The summed E-state index contributed by atoms with van der Waals surface area (Å²) < 4.78 is 0. The van der Waals surface area contributed by atoms with Gasteiger partial charge < -0.3 is 15.5 Å². The van der Waals surface area contributed by atoms with E-state index in [0.717, 1.165) is 12.8 Å². The minimum absolute atomic E-state index is 0.0359. The zero-order valence-electron chi connectivity index (χ0n) is 7.98. The average molecular weight is 226 g/mol. The predicted octanol–water partition coefficient (Wildman–Crippen LogP) is 0.616. The van der Waals surface area contributed by atoms with Crippen LogP contribution in [0.3, 0.4) is 0 Å². The van der Waals surface area contributed by atoms with Gasteiger partial charge in [0.2, 0.25) is 0 Å². The molecule has 0 aromatic carbocycles. The smallest absolute Gasteiger partial charge is 0.291 e. The Hall–Kier alpha value is -1.64. The van der Waals surface area contributed by atoms with E-state index in [1.807, 2.05) is 0 Å². The standard InChI is InChI=1S/C6H12O.2HNO3/c7-6-4-2-1-3-5-6;2*2-1(3)4/h6-7H,1-5H2;2*(H,2,3,4). The molecule has 1 saturated carbocycles. The lowest BCUT2D eigenvalue weighted by Gasteiger charge is -2.14. The second kappa shape index (κ2) is 10.4. The molecule has 15 heavy (non-hydrogen) atoms. The third kappa shape index (κ3) is 32.8. The van der Waals surface area contributed by atoms with Crippen molar-refractivity contribution in [1.29, 1.82) is 0 Å². The zero-order valence-corrected chi connectivity index (χ0v) is 7.98. The van der Waals surface area contributed by atoms with E-state index in [-0.39, 0.29) is 6.10 Å². The van der Waals surface area contributed by atoms with Crippen LogP contribution in [0.2, 0.25) is 0 Å². The highest BCUT2D eigenvalue weighted by Gasteiger charge is 2.07. The Bertz CT molecular complexity index is 160. The molecule has 3 N–H and O–H groups in total. The SMILES string of the molecule is O=[N+]([O-])O.O=[N+]([O-])O.OC1CCCCC1. The van der Waals surface area contributed by atoms with Crippen LogP contribution in [0.5, 0.6) is 0 Å². The van der Waals surface area contributed by atoms with E-state index < -0.39 is 10.2 Å². The Morgan fingerprint density at radius 2 is 1.20 bits per heavy atom. The second-order valence-electron chi connectivity index (χ2n) is 2.77. The minimum atomic E-state index is -1.50. The normalized spacial score (nSPS) is 15.0. The van der Waals surface area contributed by atoms with E-state index in [9.17, 15) is 0 Å². The molecule has 1 aliphatic carbocycles. The molecule has 0 heterocycles. The van der Waals surface area contributed by atoms with Crippen LogP contribution in [-0.4, -0.2) is 31.8 Å². The molecule has 0 saturated heterocycles. The topological polar surface area (TPSA) is 147 Å². The molecule has 0 aromatic heterocycles. The van der Waals surface area contributed by atoms with Crippen molar-refractivity contribution in [2.75, 3.05) is 0 Å². The molecule has 1 rings (SSSR count). The first kappa shape index (κ1) is 15.8. The van der Waals surface area contributed by atoms with Crippen molar-refractivity contribution in [2.45, 2.75) is 38.2 Å². The van der Waals surface area contributed by atoms with E-state index >= 15 is 0 Å². The molecule has 1 aliphatic rings. The van der Waals surface area contributed by atoms with E-state index in [4.69, 9.17) is 35.7 Å². The van der Waals surface area contributed by atoms with E-state index in [2.05, 4.69) is 0 Å². The Balaban J connectivity index is 0. The summed E-state index contributed by atoms with van der Waals surface area (Å²) in [5.41, 5.74) is 0. The molecule has 9 nitrogen and oxygen atoms in total. The highest BCUT2D eigenvalue weighted by Crippen LogP contribution is 2.16. The van der Waals surface area contributed by atoms with Gasteiger partial charge in [0.1, 0.15) is 0 Å². The number of aliphatic hydroxyl groups excluding tert-OH is 1. The van der Waals surface area contributed by atoms with Gasteiger partial charge in [-0.3, -0.25) is 0 Å². The second-order valence-corrected chi connectivity index (χ2v) is 2.77. The maximum Gasteiger partial charge on any atom is 0.291 e. The van der Waals surface area contributed by atoms with Crippen LogP contribution in [0, 0.1) is 20.2 Å². The minimum Gasteiger partial charge on any atom is -0.393 e. The number of hydrogen-bond donors (Lipinski definition) is 3. The highest BCUT2D eigenvalue weighted by atomic mass is 16.9. The van der Waals surface area contributed by atoms with Crippen molar-refractivity contribution in [3.05, 3.63) is 20.2 Å². The van der Waals surface area contributed by atoms with Gasteiger partial charge in [-0.1, -0.05) is 19.3 Å². The number of hydrogen-bond acceptors (Lipinski definition) is 5. The molecule has 1 fully saturated rings. The number of nitrogens with zero attached hydrogens (tertiary/aromatic N) is 2. The summed E-state index contributed by atoms with van der Waals surface area (Å²) in [5.74, 6) is 0. The van der Waals surface area contributed by atoms with Crippen LogP contribution < -0.4 is 0 Å². The summed E-state index contributed by atoms with van der Waals surface area (Å²) >= 11 is 0.